The predicted octanol–water partition coefficient (Wildman–Crippen LogP) is 5.88. The van der Waals surface area contributed by atoms with Crippen molar-refractivity contribution in [3.63, 3.8) is 0 Å². The molecule has 0 amide bonds. The van der Waals surface area contributed by atoms with Gasteiger partial charge in [-0.15, -0.1) is 0 Å². The summed E-state index contributed by atoms with van der Waals surface area (Å²) in [5.74, 6) is -1.57. The summed E-state index contributed by atoms with van der Waals surface area (Å²) in [4.78, 5) is 52.3. The molecule has 1 aliphatic carbocycles. The Morgan fingerprint density at radius 1 is 0.686 bits per heavy atom. The summed E-state index contributed by atoms with van der Waals surface area (Å²) >= 11 is 0. The summed E-state index contributed by atoms with van der Waals surface area (Å²) in [7, 11) is 0. The van der Waals surface area contributed by atoms with Gasteiger partial charge in [0.1, 0.15) is 17.3 Å². The summed E-state index contributed by atoms with van der Waals surface area (Å²) in [5, 5.41) is 0. The Hall–Kier alpha value is -3.28. The lowest BCUT2D eigenvalue weighted by atomic mass is 9.73. The lowest BCUT2D eigenvalue weighted by Crippen LogP contribution is -2.28. The molecule has 3 rings (SSSR count). The van der Waals surface area contributed by atoms with Crippen molar-refractivity contribution in [2.45, 2.75) is 66.7 Å². The van der Waals surface area contributed by atoms with E-state index in [9.17, 15) is 19.2 Å². The molecule has 0 atom stereocenters. The molecule has 186 valence electrons. The van der Waals surface area contributed by atoms with Crippen molar-refractivity contribution in [3.05, 3.63) is 58.7 Å². The maximum atomic E-state index is 13.9. The number of hydrogen-bond donors (Lipinski definition) is 0. The first-order valence-corrected chi connectivity index (χ1v) is 12.2. The van der Waals surface area contributed by atoms with Crippen molar-refractivity contribution < 1.29 is 28.7 Å². The van der Waals surface area contributed by atoms with Crippen LogP contribution in [0, 0.1) is 17.8 Å². The second-order valence-corrected chi connectivity index (χ2v) is 10.4. The van der Waals surface area contributed by atoms with Gasteiger partial charge in [-0.1, -0.05) is 65.8 Å². The fraction of sp³-hybridized carbons (Fsp3) is 0.448. The van der Waals surface area contributed by atoms with Crippen molar-refractivity contribution >= 4 is 23.5 Å². The van der Waals surface area contributed by atoms with Gasteiger partial charge in [0.05, 0.1) is 17.0 Å². The smallest absolute Gasteiger partial charge is 0.311 e. The van der Waals surface area contributed by atoms with E-state index in [2.05, 4.69) is 0 Å². The Morgan fingerprint density at radius 3 is 1.46 bits per heavy atom. The largest absolute Gasteiger partial charge is 0.426 e. The lowest BCUT2D eigenvalue weighted by molar-refractivity contribution is -0.136. The number of carbonyl (C=O) groups is 4. The number of hydrogen-bond acceptors (Lipinski definition) is 6. The standard InChI is InChI=1S/C29H34O6/c1-16(2)13-21(30)26-19-9-7-11-22(34-24(31)14-17(3)4)27(19)29(33)28-20(26)10-8-12-23(28)35-25(32)15-18(5)6/h7-12,16-18,26H,13-15H2,1-6H3. The van der Waals surface area contributed by atoms with Crippen molar-refractivity contribution in [2.24, 2.45) is 17.8 Å². The Kier molecular flexibility index (Phi) is 8.26. The van der Waals surface area contributed by atoms with Gasteiger partial charge in [-0.2, -0.15) is 0 Å². The van der Waals surface area contributed by atoms with E-state index < -0.39 is 23.6 Å². The molecule has 0 saturated carbocycles. The third-order valence-electron chi connectivity index (χ3n) is 5.72. The molecule has 0 aromatic heterocycles. The Bertz CT molecular complexity index is 1060. The van der Waals surface area contributed by atoms with Crippen LogP contribution in [0.25, 0.3) is 0 Å². The molecule has 0 radical (unpaired) electrons. The predicted molar refractivity (Wildman–Crippen MR) is 133 cm³/mol. The van der Waals surface area contributed by atoms with Crippen LogP contribution in [0.2, 0.25) is 0 Å². The van der Waals surface area contributed by atoms with Crippen LogP contribution in [0.4, 0.5) is 0 Å². The molecule has 0 saturated heterocycles. The Balaban J connectivity index is 2.16. The first-order chi connectivity index (χ1) is 16.5. The van der Waals surface area contributed by atoms with Crippen LogP contribution in [-0.2, 0) is 14.4 Å². The highest BCUT2D eigenvalue weighted by Crippen LogP contribution is 2.44. The number of carbonyl (C=O) groups excluding carboxylic acids is 4. The minimum absolute atomic E-state index is 0.0497. The quantitative estimate of drug-likeness (QED) is 0.330. The van der Waals surface area contributed by atoms with Gasteiger partial charge >= 0.3 is 11.9 Å². The molecule has 6 heteroatoms. The van der Waals surface area contributed by atoms with E-state index >= 15 is 0 Å². The van der Waals surface area contributed by atoms with E-state index in [1.165, 1.54) is 0 Å². The van der Waals surface area contributed by atoms with Crippen LogP contribution in [0.1, 0.15) is 93.8 Å². The van der Waals surface area contributed by atoms with Crippen LogP contribution in [0.15, 0.2) is 36.4 Å². The number of rotatable bonds is 9. The summed E-state index contributed by atoms with van der Waals surface area (Å²) in [6.07, 6.45) is 0.705. The molecule has 0 spiro atoms. The van der Waals surface area contributed by atoms with Gasteiger partial charge in [0, 0.05) is 19.3 Å². The summed E-state index contributed by atoms with van der Waals surface area (Å²) in [5.41, 5.74) is 1.36. The molecule has 0 aliphatic heterocycles. The van der Waals surface area contributed by atoms with Gasteiger partial charge in [-0.05, 0) is 41.0 Å². The van der Waals surface area contributed by atoms with E-state index in [-0.39, 0.29) is 59.0 Å². The fourth-order valence-corrected chi connectivity index (χ4v) is 4.39. The summed E-state index contributed by atoms with van der Waals surface area (Å²) < 4.78 is 11.2. The second kappa shape index (κ2) is 11.0. The second-order valence-electron chi connectivity index (χ2n) is 10.4. The van der Waals surface area contributed by atoms with Gasteiger partial charge in [-0.3, -0.25) is 19.2 Å². The van der Waals surface area contributed by atoms with Crippen LogP contribution >= 0.6 is 0 Å². The number of benzene rings is 2. The van der Waals surface area contributed by atoms with E-state index in [0.717, 1.165) is 0 Å². The zero-order valence-corrected chi connectivity index (χ0v) is 21.3. The molecule has 0 unspecified atom stereocenters. The average Bonchev–Trinajstić information content (AvgIpc) is 2.72. The molecule has 6 nitrogen and oxygen atoms in total. The maximum absolute atomic E-state index is 13.9. The monoisotopic (exact) mass is 478 g/mol. The van der Waals surface area contributed by atoms with Gasteiger partial charge < -0.3 is 9.47 Å². The fourth-order valence-electron chi connectivity index (χ4n) is 4.39. The van der Waals surface area contributed by atoms with E-state index in [1.807, 2.05) is 41.5 Å². The van der Waals surface area contributed by atoms with Crippen LogP contribution in [0.3, 0.4) is 0 Å². The molecule has 1 aliphatic rings. The van der Waals surface area contributed by atoms with Crippen molar-refractivity contribution in [2.75, 3.05) is 0 Å². The van der Waals surface area contributed by atoms with E-state index in [4.69, 9.17) is 9.47 Å². The third kappa shape index (κ3) is 6.05. The SMILES string of the molecule is CC(C)CC(=O)Oc1cccc2c1C(=O)c1c(OC(=O)CC(C)C)cccc1C2C(=O)CC(C)C. The first-order valence-electron chi connectivity index (χ1n) is 12.2. The summed E-state index contributed by atoms with van der Waals surface area (Å²) in [6.45, 7) is 11.5. The molecule has 2 aromatic carbocycles. The topological polar surface area (TPSA) is 86.7 Å². The van der Waals surface area contributed by atoms with Gasteiger partial charge in [0.15, 0.2) is 0 Å². The number of fused-ring (bicyclic) bond motifs is 2. The average molecular weight is 479 g/mol. The molecule has 0 fully saturated rings. The van der Waals surface area contributed by atoms with E-state index in [0.29, 0.717) is 17.5 Å². The maximum Gasteiger partial charge on any atom is 0.311 e. The molecule has 35 heavy (non-hydrogen) atoms. The number of esters is 2. The van der Waals surface area contributed by atoms with Crippen LogP contribution in [0.5, 0.6) is 11.5 Å². The number of ether oxygens (including phenoxy) is 2. The number of ketones is 2. The summed E-state index contributed by atoms with van der Waals surface area (Å²) in [6, 6.07) is 9.98. The minimum atomic E-state index is -0.729. The molecule has 0 bridgehead atoms. The van der Waals surface area contributed by atoms with Crippen LogP contribution < -0.4 is 9.47 Å². The third-order valence-corrected chi connectivity index (χ3v) is 5.72. The van der Waals surface area contributed by atoms with Crippen molar-refractivity contribution in [3.8, 4) is 11.5 Å². The highest BCUT2D eigenvalue weighted by atomic mass is 16.5. The first kappa shape index (κ1) is 26.3. The van der Waals surface area contributed by atoms with Gasteiger partial charge in [0.2, 0.25) is 5.78 Å². The van der Waals surface area contributed by atoms with Crippen LogP contribution in [-0.4, -0.2) is 23.5 Å². The zero-order valence-electron chi connectivity index (χ0n) is 21.3. The molecule has 0 heterocycles. The minimum Gasteiger partial charge on any atom is -0.426 e. The molecular formula is C29H34O6. The highest BCUT2D eigenvalue weighted by Gasteiger charge is 2.39. The Labute approximate surface area is 207 Å². The highest BCUT2D eigenvalue weighted by molar-refractivity contribution is 6.18. The molecule has 0 N–H and O–H groups in total. The normalized spacial score (nSPS) is 13.1. The van der Waals surface area contributed by atoms with E-state index in [1.54, 1.807) is 36.4 Å². The number of Topliss-reactive ketones (excluding diaryl/α,β-unsaturated/α-hetero) is 1. The van der Waals surface area contributed by atoms with Gasteiger partial charge in [0.25, 0.3) is 0 Å². The Morgan fingerprint density at radius 2 is 1.09 bits per heavy atom. The van der Waals surface area contributed by atoms with Gasteiger partial charge in [-0.25, -0.2) is 0 Å². The zero-order chi connectivity index (χ0) is 25.9. The van der Waals surface area contributed by atoms with Crippen molar-refractivity contribution in [1.29, 1.82) is 0 Å². The molecule has 2 aromatic rings. The lowest BCUT2D eigenvalue weighted by Gasteiger charge is -2.29. The van der Waals surface area contributed by atoms with Crippen molar-refractivity contribution in [1.82, 2.24) is 0 Å². The molecular weight excluding hydrogens is 444 g/mol.